The standard InChI is InChI=1S/C27H30N6O6S3/c1-13(11-41-27-32-18-8-6-7-9-20(18)42-27)29-24-21-25(31-14(2)30-24)33(12-28-21)26-23(37-16(4)35)22(19(10-40)39-26)38-17(5)36-15(3)34/h6-9,12-13,19,22-23,26,40H,5,10-11H2,1-4H3,(H,29,30,31)/t13-,19-,22-,23-,26-/m1/s1. The van der Waals surface area contributed by atoms with E-state index in [1.54, 1.807) is 40.9 Å². The molecule has 0 spiro atoms. The molecule has 1 aromatic carbocycles. The molecule has 0 unspecified atom stereocenters. The van der Waals surface area contributed by atoms with Gasteiger partial charge in [0.15, 0.2) is 39.8 Å². The molecular weight excluding hydrogens is 601 g/mol. The number of anilines is 1. The number of aryl methyl sites for hydroxylation is 1. The number of hydrogen-bond acceptors (Lipinski definition) is 14. The van der Waals surface area contributed by atoms with Crippen LogP contribution >= 0.6 is 35.7 Å². The van der Waals surface area contributed by atoms with Gasteiger partial charge in [0.1, 0.15) is 11.9 Å². The first-order valence-corrected chi connectivity index (χ1v) is 15.5. The van der Waals surface area contributed by atoms with Crippen LogP contribution in [-0.4, -0.2) is 72.3 Å². The summed E-state index contributed by atoms with van der Waals surface area (Å²) in [6.45, 7) is 10.0. The van der Waals surface area contributed by atoms with Crippen molar-refractivity contribution in [1.29, 1.82) is 0 Å². The minimum Gasteiger partial charge on any atom is -0.455 e. The van der Waals surface area contributed by atoms with E-state index >= 15 is 0 Å². The monoisotopic (exact) mass is 630 g/mol. The number of para-hydroxylation sites is 1. The topological polar surface area (TPSA) is 140 Å². The summed E-state index contributed by atoms with van der Waals surface area (Å²) < 4.78 is 26.5. The average molecular weight is 631 g/mol. The van der Waals surface area contributed by atoms with Gasteiger partial charge in [0.25, 0.3) is 5.95 Å². The third-order valence-corrected chi connectivity index (χ3v) is 9.01. The first kappa shape index (κ1) is 30.1. The number of imidazole rings is 1. The van der Waals surface area contributed by atoms with Crippen LogP contribution in [0.1, 0.15) is 32.8 Å². The predicted molar refractivity (Wildman–Crippen MR) is 163 cm³/mol. The lowest BCUT2D eigenvalue weighted by Crippen LogP contribution is -2.38. The van der Waals surface area contributed by atoms with Crippen LogP contribution < -0.4 is 5.32 Å². The van der Waals surface area contributed by atoms with E-state index in [4.69, 9.17) is 23.9 Å². The van der Waals surface area contributed by atoms with Crippen molar-refractivity contribution in [2.75, 3.05) is 16.8 Å². The molecule has 5 rings (SSSR count). The van der Waals surface area contributed by atoms with Crippen LogP contribution in [0.3, 0.4) is 0 Å². The first-order valence-electron chi connectivity index (χ1n) is 13.1. The molecule has 4 aromatic rings. The zero-order valence-corrected chi connectivity index (χ0v) is 25.9. The van der Waals surface area contributed by atoms with Crippen molar-refractivity contribution in [3.05, 3.63) is 48.9 Å². The Bertz CT molecular complexity index is 1590. The number of aromatic nitrogens is 5. The van der Waals surface area contributed by atoms with Crippen LogP contribution in [0.2, 0.25) is 0 Å². The number of thioether (sulfide) groups is 1. The van der Waals surface area contributed by atoms with Crippen molar-refractivity contribution < 1.29 is 28.5 Å². The molecule has 12 nitrogen and oxygen atoms in total. The zero-order chi connectivity index (χ0) is 30.0. The molecule has 4 heterocycles. The molecule has 1 saturated heterocycles. The number of thiazole rings is 1. The second-order valence-electron chi connectivity index (χ2n) is 9.62. The minimum atomic E-state index is -0.944. The highest BCUT2D eigenvalue weighted by Crippen LogP contribution is 2.37. The second-order valence-corrected chi connectivity index (χ2v) is 12.3. The molecule has 0 aliphatic carbocycles. The van der Waals surface area contributed by atoms with Gasteiger partial charge in [-0.25, -0.2) is 19.9 Å². The molecule has 0 radical (unpaired) electrons. The normalized spacial score (nSPS) is 20.9. The number of thiol groups is 1. The Morgan fingerprint density at radius 2 is 1.98 bits per heavy atom. The number of ether oxygens (including phenoxy) is 4. The Labute approximate surface area is 255 Å². The summed E-state index contributed by atoms with van der Waals surface area (Å²) >= 11 is 7.73. The van der Waals surface area contributed by atoms with Gasteiger partial charge in [0.05, 0.1) is 16.5 Å². The third-order valence-electron chi connectivity index (χ3n) is 6.21. The SMILES string of the molecule is C=C(OC(C)=O)O[C@H]1[C@@H](OC(C)=O)[C@H](n2cnc3c(N[C@H](C)CSc4nc5ccccc5s4)nc(C)nc32)O[C@@H]1CS. The van der Waals surface area contributed by atoms with Gasteiger partial charge in [-0.3, -0.25) is 14.2 Å². The highest BCUT2D eigenvalue weighted by Gasteiger charge is 2.50. The number of nitrogens with zero attached hydrogens (tertiary/aromatic N) is 5. The summed E-state index contributed by atoms with van der Waals surface area (Å²) in [7, 11) is 0. The number of rotatable bonds is 11. The van der Waals surface area contributed by atoms with Crippen molar-refractivity contribution >= 4 is 74.9 Å². The molecule has 1 aliphatic heterocycles. The lowest BCUT2D eigenvalue weighted by Gasteiger charge is -2.25. The fourth-order valence-corrected chi connectivity index (χ4v) is 6.91. The molecule has 0 bridgehead atoms. The number of carbonyl (C=O) groups excluding carboxylic acids is 2. The summed E-state index contributed by atoms with van der Waals surface area (Å²) in [5.74, 6) is 0.682. The molecule has 0 saturated carbocycles. The van der Waals surface area contributed by atoms with Gasteiger partial charge in [-0.05, 0) is 32.6 Å². The molecular formula is C27H30N6O6S3. The van der Waals surface area contributed by atoms with E-state index in [9.17, 15) is 9.59 Å². The molecule has 3 aromatic heterocycles. The third kappa shape index (κ3) is 6.64. The Morgan fingerprint density at radius 3 is 2.69 bits per heavy atom. The Balaban J connectivity index is 1.38. The van der Waals surface area contributed by atoms with Crippen LogP contribution in [0.25, 0.3) is 21.4 Å². The van der Waals surface area contributed by atoms with E-state index in [-0.39, 0.29) is 17.7 Å². The average Bonchev–Trinajstić information content (AvgIpc) is 3.62. The van der Waals surface area contributed by atoms with E-state index in [0.717, 1.165) is 20.3 Å². The van der Waals surface area contributed by atoms with Gasteiger partial charge in [-0.2, -0.15) is 12.6 Å². The lowest BCUT2D eigenvalue weighted by atomic mass is 10.1. The Morgan fingerprint density at radius 1 is 1.19 bits per heavy atom. The maximum absolute atomic E-state index is 12.1. The molecule has 222 valence electrons. The molecule has 5 atom stereocenters. The highest BCUT2D eigenvalue weighted by atomic mass is 32.2. The quantitative estimate of drug-likeness (QED) is 0.104. The molecule has 1 fully saturated rings. The van der Waals surface area contributed by atoms with Crippen LogP contribution in [0.5, 0.6) is 0 Å². The minimum absolute atomic E-state index is 0.0276. The van der Waals surface area contributed by atoms with Gasteiger partial charge in [-0.15, -0.1) is 11.3 Å². The second kappa shape index (κ2) is 12.9. The number of fused-ring (bicyclic) bond motifs is 2. The van der Waals surface area contributed by atoms with Crippen molar-refractivity contribution in [3.8, 4) is 0 Å². The number of nitrogens with one attached hydrogen (secondary N) is 1. The number of carbonyl (C=O) groups is 2. The number of benzene rings is 1. The van der Waals surface area contributed by atoms with Crippen LogP contribution in [0.4, 0.5) is 5.82 Å². The number of esters is 2. The molecule has 0 amide bonds. The summed E-state index contributed by atoms with van der Waals surface area (Å²) in [6, 6.07) is 8.10. The maximum atomic E-state index is 12.1. The van der Waals surface area contributed by atoms with E-state index in [2.05, 4.69) is 52.5 Å². The summed E-state index contributed by atoms with van der Waals surface area (Å²) in [5, 5.41) is 3.46. The van der Waals surface area contributed by atoms with E-state index in [0.29, 0.717) is 22.8 Å². The van der Waals surface area contributed by atoms with Crippen LogP contribution in [0, 0.1) is 6.92 Å². The van der Waals surface area contributed by atoms with E-state index < -0.39 is 36.5 Å². The van der Waals surface area contributed by atoms with Crippen molar-refractivity contribution in [1.82, 2.24) is 24.5 Å². The first-order chi connectivity index (χ1) is 20.1. The van der Waals surface area contributed by atoms with Gasteiger partial charge in [0.2, 0.25) is 0 Å². The Hall–Kier alpha value is -3.40. The highest BCUT2D eigenvalue weighted by molar-refractivity contribution is 8.01. The summed E-state index contributed by atoms with van der Waals surface area (Å²) in [5.41, 5.74) is 2.00. The van der Waals surface area contributed by atoms with Gasteiger partial charge in [0, 0.05) is 31.4 Å². The lowest BCUT2D eigenvalue weighted by molar-refractivity contribution is -0.161. The largest absolute Gasteiger partial charge is 0.455 e. The van der Waals surface area contributed by atoms with Crippen LogP contribution in [-0.2, 0) is 28.5 Å². The number of hydrogen-bond donors (Lipinski definition) is 2. The van der Waals surface area contributed by atoms with Gasteiger partial charge >= 0.3 is 11.9 Å². The van der Waals surface area contributed by atoms with Crippen molar-refractivity contribution in [2.45, 2.75) is 62.6 Å². The molecule has 1 N–H and O–H groups in total. The zero-order valence-electron chi connectivity index (χ0n) is 23.3. The van der Waals surface area contributed by atoms with Gasteiger partial charge < -0.3 is 24.3 Å². The van der Waals surface area contributed by atoms with Crippen molar-refractivity contribution in [2.24, 2.45) is 0 Å². The molecule has 1 aliphatic rings. The summed E-state index contributed by atoms with van der Waals surface area (Å²) in [4.78, 5) is 42.0. The fourth-order valence-electron chi connectivity index (χ4n) is 4.57. The van der Waals surface area contributed by atoms with Crippen LogP contribution in [0.15, 0.2) is 47.5 Å². The van der Waals surface area contributed by atoms with E-state index in [1.165, 1.54) is 13.8 Å². The van der Waals surface area contributed by atoms with Gasteiger partial charge in [-0.1, -0.05) is 23.9 Å². The molecule has 42 heavy (non-hydrogen) atoms. The van der Waals surface area contributed by atoms with E-state index in [1.807, 2.05) is 18.2 Å². The summed E-state index contributed by atoms with van der Waals surface area (Å²) in [6.07, 6.45) is -1.74. The Kier molecular flexibility index (Phi) is 9.20. The van der Waals surface area contributed by atoms with Crippen molar-refractivity contribution in [3.63, 3.8) is 0 Å². The maximum Gasteiger partial charge on any atom is 0.310 e. The smallest absolute Gasteiger partial charge is 0.310 e. The fraction of sp³-hybridized carbons (Fsp3) is 0.407. The molecule has 15 heteroatoms. The predicted octanol–water partition coefficient (Wildman–Crippen LogP) is 4.52.